The highest BCUT2D eigenvalue weighted by Gasteiger charge is 2.09. The van der Waals surface area contributed by atoms with Gasteiger partial charge in [0.15, 0.2) is 11.6 Å². The van der Waals surface area contributed by atoms with E-state index in [1.807, 2.05) is 13.0 Å². The minimum Gasteiger partial charge on any atom is -0.381 e. The van der Waals surface area contributed by atoms with E-state index in [-0.39, 0.29) is 12.1 Å². The number of rotatable bonds is 3. The molecule has 1 N–H and O–H groups in total. The second kappa shape index (κ2) is 5.53. The molecule has 2 aromatic carbocycles. The van der Waals surface area contributed by atoms with E-state index in [2.05, 4.69) is 5.32 Å². The second-order valence-electron chi connectivity index (χ2n) is 4.18. The molecule has 1 nitrogen and oxygen atoms in total. The van der Waals surface area contributed by atoms with Crippen molar-refractivity contribution in [3.05, 3.63) is 63.9 Å². The SMILES string of the molecule is Cc1ccc(NCc2cc(F)c(F)cc2F)cc1Cl. The lowest BCUT2D eigenvalue weighted by Gasteiger charge is -2.09. The third-order valence-corrected chi connectivity index (χ3v) is 3.15. The predicted molar refractivity (Wildman–Crippen MR) is 69.8 cm³/mol. The van der Waals surface area contributed by atoms with Crippen molar-refractivity contribution in [2.75, 3.05) is 5.32 Å². The van der Waals surface area contributed by atoms with Crippen LogP contribution in [0.15, 0.2) is 30.3 Å². The molecular weight excluding hydrogens is 275 g/mol. The van der Waals surface area contributed by atoms with E-state index >= 15 is 0 Å². The summed E-state index contributed by atoms with van der Waals surface area (Å²) in [5.74, 6) is -3.05. The van der Waals surface area contributed by atoms with Gasteiger partial charge >= 0.3 is 0 Å². The summed E-state index contributed by atoms with van der Waals surface area (Å²) in [5.41, 5.74) is 1.65. The Bertz CT molecular complexity index is 614. The second-order valence-corrected chi connectivity index (χ2v) is 4.58. The Hall–Kier alpha value is -1.68. The largest absolute Gasteiger partial charge is 0.381 e. The molecule has 0 spiro atoms. The van der Waals surface area contributed by atoms with Gasteiger partial charge in [-0.25, -0.2) is 13.2 Å². The van der Waals surface area contributed by atoms with Crippen molar-refractivity contribution in [1.29, 1.82) is 0 Å². The van der Waals surface area contributed by atoms with Crippen LogP contribution in [0.1, 0.15) is 11.1 Å². The molecule has 19 heavy (non-hydrogen) atoms. The van der Waals surface area contributed by atoms with Gasteiger partial charge in [0.25, 0.3) is 0 Å². The van der Waals surface area contributed by atoms with Crippen LogP contribution in [0.25, 0.3) is 0 Å². The van der Waals surface area contributed by atoms with E-state index in [4.69, 9.17) is 11.6 Å². The van der Waals surface area contributed by atoms with Crippen LogP contribution >= 0.6 is 11.6 Å². The van der Waals surface area contributed by atoms with Gasteiger partial charge in [0.1, 0.15) is 5.82 Å². The van der Waals surface area contributed by atoms with Crippen molar-refractivity contribution in [1.82, 2.24) is 0 Å². The van der Waals surface area contributed by atoms with Crippen molar-refractivity contribution in [3.8, 4) is 0 Å². The van der Waals surface area contributed by atoms with E-state index in [1.165, 1.54) is 0 Å². The summed E-state index contributed by atoms with van der Waals surface area (Å²) in [6.45, 7) is 1.91. The first-order chi connectivity index (χ1) is 8.97. The van der Waals surface area contributed by atoms with Crippen molar-refractivity contribution >= 4 is 17.3 Å². The van der Waals surface area contributed by atoms with Crippen LogP contribution in [0.2, 0.25) is 5.02 Å². The number of aryl methyl sites for hydroxylation is 1. The zero-order valence-electron chi connectivity index (χ0n) is 10.1. The number of hydrogen-bond acceptors (Lipinski definition) is 1. The fourth-order valence-electron chi connectivity index (χ4n) is 1.60. The smallest absolute Gasteiger partial charge is 0.161 e. The summed E-state index contributed by atoms with van der Waals surface area (Å²) in [6.07, 6.45) is 0. The molecule has 2 aromatic rings. The third-order valence-electron chi connectivity index (χ3n) is 2.74. The third kappa shape index (κ3) is 3.20. The highest BCUT2D eigenvalue weighted by Crippen LogP contribution is 2.21. The van der Waals surface area contributed by atoms with Gasteiger partial charge in [-0.05, 0) is 30.7 Å². The topological polar surface area (TPSA) is 12.0 Å². The van der Waals surface area contributed by atoms with Crippen molar-refractivity contribution < 1.29 is 13.2 Å². The maximum absolute atomic E-state index is 13.4. The molecule has 0 atom stereocenters. The Balaban J connectivity index is 2.14. The molecule has 0 aromatic heterocycles. The predicted octanol–water partition coefficient (Wildman–Crippen LogP) is 4.68. The Morgan fingerprint density at radius 2 is 1.68 bits per heavy atom. The maximum atomic E-state index is 13.4. The number of hydrogen-bond donors (Lipinski definition) is 1. The van der Waals surface area contributed by atoms with Crippen LogP contribution in [0.3, 0.4) is 0 Å². The molecule has 0 radical (unpaired) electrons. The minimum absolute atomic E-state index is 0.0441. The van der Waals surface area contributed by atoms with Gasteiger partial charge in [0.05, 0.1) is 0 Å². The number of anilines is 1. The molecule has 0 aliphatic heterocycles. The summed E-state index contributed by atoms with van der Waals surface area (Å²) in [6, 6.07) is 6.65. The molecule has 0 saturated carbocycles. The van der Waals surface area contributed by atoms with Gasteiger partial charge in [-0.2, -0.15) is 0 Å². The molecule has 5 heteroatoms. The van der Waals surface area contributed by atoms with Gasteiger partial charge in [0, 0.05) is 28.9 Å². The van der Waals surface area contributed by atoms with E-state index in [0.717, 1.165) is 11.6 Å². The zero-order chi connectivity index (χ0) is 14.0. The molecule has 0 amide bonds. The van der Waals surface area contributed by atoms with Crippen LogP contribution in [-0.4, -0.2) is 0 Å². The monoisotopic (exact) mass is 285 g/mol. The average molecular weight is 286 g/mol. The van der Waals surface area contributed by atoms with Gasteiger partial charge in [-0.15, -0.1) is 0 Å². The summed E-state index contributed by atoms with van der Waals surface area (Å²) in [7, 11) is 0. The van der Waals surface area contributed by atoms with Gasteiger partial charge < -0.3 is 5.32 Å². The van der Waals surface area contributed by atoms with Crippen molar-refractivity contribution in [3.63, 3.8) is 0 Å². The number of halogens is 4. The quantitative estimate of drug-likeness (QED) is 0.808. The van der Waals surface area contributed by atoms with Gasteiger partial charge in [-0.3, -0.25) is 0 Å². The number of nitrogens with one attached hydrogen (secondary N) is 1. The molecular formula is C14H11ClF3N. The molecule has 0 fully saturated rings. The first-order valence-corrected chi connectivity index (χ1v) is 5.98. The molecule has 0 aliphatic carbocycles. The molecule has 2 rings (SSSR count). The fraction of sp³-hybridized carbons (Fsp3) is 0.143. The lowest BCUT2D eigenvalue weighted by atomic mass is 10.2. The number of benzene rings is 2. The minimum atomic E-state index is -1.19. The van der Waals surface area contributed by atoms with Gasteiger partial charge in [0.2, 0.25) is 0 Å². The molecule has 0 bridgehead atoms. The summed E-state index contributed by atoms with van der Waals surface area (Å²) >= 11 is 5.95. The highest BCUT2D eigenvalue weighted by atomic mass is 35.5. The normalized spacial score (nSPS) is 10.6. The Morgan fingerprint density at radius 1 is 1.00 bits per heavy atom. The van der Waals surface area contributed by atoms with Crippen LogP contribution in [0.5, 0.6) is 0 Å². The molecule has 0 heterocycles. The van der Waals surface area contributed by atoms with Crippen LogP contribution < -0.4 is 5.32 Å². The first-order valence-electron chi connectivity index (χ1n) is 5.61. The van der Waals surface area contributed by atoms with Gasteiger partial charge in [-0.1, -0.05) is 17.7 Å². The molecule has 0 aliphatic rings. The Morgan fingerprint density at radius 3 is 2.37 bits per heavy atom. The lowest BCUT2D eigenvalue weighted by molar-refractivity contribution is 0.490. The zero-order valence-corrected chi connectivity index (χ0v) is 10.9. The maximum Gasteiger partial charge on any atom is 0.161 e. The molecule has 0 unspecified atom stereocenters. The highest BCUT2D eigenvalue weighted by molar-refractivity contribution is 6.31. The van der Waals surface area contributed by atoms with Crippen LogP contribution in [0, 0.1) is 24.4 Å². The van der Waals surface area contributed by atoms with Crippen molar-refractivity contribution in [2.24, 2.45) is 0 Å². The Labute approximate surface area is 114 Å². The molecule has 0 saturated heterocycles. The standard InChI is InChI=1S/C14H11ClF3N/c1-8-2-3-10(5-11(8)15)19-7-9-4-13(17)14(18)6-12(9)16/h2-6,19H,7H2,1H3. The summed E-state index contributed by atoms with van der Waals surface area (Å²) in [5, 5.41) is 3.48. The summed E-state index contributed by atoms with van der Waals surface area (Å²) in [4.78, 5) is 0. The van der Waals surface area contributed by atoms with Crippen LogP contribution in [0.4, 0.5) is 18.9 Å². The average Bonchev–Trinajstić information content (AvgIpc) is 2.36. The molecule has 100 valence electrons. The lowest BCUT2D eigenvalue weighted by Crippen LogP contribution is -2.03. The Kier molecular flexibility index (Phi) is 4.00. The van der Waals surface area contributed by atoms with Crippen LogP contribution in [-0.2, 0) is 6.54 Å². The summed E-state index contributed by atoms with van der Waals surface area (Å²) < 4.78 is 39.2. The van der Waals surface area contributed by atoms with E-state index < -0.39 is 17.5 Å². The van der Waals surface area contributed by atoms with E-state index in [9.17, 15) is 13.2 Å². The fourth-order valence-corrected chi connectivity index (χ4v) is 1.78. The van der Waals surface area contributed by atoms with E-state index in [1.54, 1.807) is 12.1 Å². The first kappa shape index (κ1) is 13.7. The van der Waals surface area contributed by atoms with E-state index in [0.29, 0.717) is 16.8 Å². The van der Waals surface area contributed by atoms with Crippen molar-refractivity contribution in [2.45, 2.75) is 13.5 Å².